The molecule has 1 atom stereocenters. The van der Waals surface area contributed by atoms with E-state index < -0.39 is 0 Å². The van der Waals surface area contributed by atoms with Gasteiger partial charge >= 0.3 is 0 Å². The van der Waals surface area contributed by atoms with Gasteiger partial charge in [-0.1, -0.05) is 12.1 Å². The lowest BCUT2D eigenvalue weighted by molar-refractivity contribution is 0.0955. The molecular formula is C26H25N5O4. The molecule has 0 aliphatic carbocycles. The molecule has 1 saturated heterocycles. The Morgan fingerprint density at radius 2 is 1.83 bits per heavy atom. The van der Waals surface area contributed by atoms with E-state index in [2.05, 4.69) is 0 Å². The minimum atomic E-state index is -0.154. The Balaban J connectivity index is 1.74. The fourth-order valence-electron chi connectivity index (χ4n) is 4.84. The first-order valence-electron chi connectivity index (χ1n) is 11.6. The van der Waals surface area contributed by atoms with Crippen molar-refractivity contribution >= 4 is 33.2 Å². The zero-order chi connectivity index (χ0) is 24.1. The lowest BCUT2D eigenvalue weighted by Crippen LogP contribution is -2.29. The lowest BCUT2D eigenvalue weighted by Gasteiger charge is -2.15. The van der Waals surface area contributed by atoms with Crippen molar-refractivity contribution in [1.29, 1.82) is 0 Å². The summed E-state index contributed by atoms with van der Waals surface area (Å²) in [7, 11) is 3.21. The number of hydrogen-bond donors (Lipinski definition) is 0. The number of benzene rings is 2. The molecule has 0 N–H and O–H groups in total. The molecule has 0 saturated carbocycles. The quantitative estimate of drug-likeness (QED) is 0.385. The Kier molecular flexibility index (Phi) is 5.14. The SMILES string of the molecule is COc1ccc(OC)c(-n2c3nc4ccccc4nc3c3c(=O)n(C[C@H]4CCCO4)c(C)nc32)c1. The molecule has 9 heteroatoms. The van der Waals surface area contributed by atoms with Crippen LogP contribution in [0.25, 0.3) is 38.9 Å². The van der Waals surface area contributed by atoms with E-state index in [0.717, 1.165) is 25.0 Å². The van der Waals surface area contributed by atoms with Crippen molar-refractivity contribution in [2.75, 3.05) is 20.8 Å². The summed E-state index contributed by atoms with van der Waals surface area (Å²) in [4.78, 5) is 28.6. The molecule has 5 aromatic rings. The molecule has 9 nitrogen and oxygen atoms in total. The topological polar surface area (TPSA) is 93.3 Å². The Morgan fingerprint density at radius 1 is 1.03 bits per heavy atom. The number of nitrogens with zero attached hydrogens (tertiary/aromatic N) is 5. The van der Waals surface area contributed by atoms with Gasteiger partial charge in [-0.25, -0.2) is 15.0 Å². The van der Waals surface area contributed by atoms with Gasteiger partial charge < -0.3 is 14.2 Å². The third kappa shape index (κ3) is 3.42. The Bertz CT molecular complexity index is 1650. The number of aryl methyl sites for hydroxylation is 1. The minimum Gasteiger partial charge on any atom is -0.497 e. The van der Waals surface area contributed by atoms with Crippen molar-refractivity contribution in [3.8, 4) is 17.2 Å². The summed E-state index contributed by atoms with van der Waals surface area (Å²) in [6, 6.07) is 13.1. The monoisotopic (exact) mass is 471 g/mol. The summed E-state index contributed by atoms with van der Waals surface area (Å²) in [5.74, 6) is 1.85. The van der Waals surface area contributed by atoms with E-state index in [1.54, 1.807) is 18.8 Å². The summed E-state index contributed by atoms with van der Waals surface area (Å²) in [6.45, 7) is 3.03. The highest BCUT2D eigenvalue weighted by Crippen LogP contribution is 2.34. The average molecular weight is 472 g/mol. The Labute approximate surface area is 200 Å². The third-order valence-corrected chi connectivity index (χ3v) is 6.59. The summed E-state index contributed by atoms with van der Waals surface area (Å²) in [6.07, 6.45) is 1.93. The van der Waals surface area contributed by atoms with E-state index in [-0.39, 0.29) is 11.7 Å². The van der Waals surface area contributed by atoms with Crippen molar-refractivity contribution in [2.24, 2.45) is 0 Å². The molecule has 0 radical (unpaired) electrons. The van der Waals surface area contributed by atoms with Crippen molar-refractivity contribution < 1.29 is 14.2 Å². The molecule has 3 aromatic heterocycles. The zero-order valence-corrected chi connectivity index (χ0v) is 19.8. The number of ether oxygens (including phenoxy) is 3. The molecule has 2 aromatic carbocycles. The molecule has 4 heterocycles. The molecule has 178 valence electrons. The van der Waals surface area contributed by atoms with Gasteiger partial charge in [0, 0.05) is 12.7 Å². The molecule has 6 rings (SSSR count). The Hall–Kier alpha value is -3.98. The average Bonchev–Trinajstić information content (AvgIpc) is 3.50. The molecule has 0 bridgehead atoms. The predicted molar refractivity (Wildman–Crippen MR) is 133 cm³/mol. The van der Waals surface area contributed by atoms with E-state index >= 15 is 0 Å². The maximum Gasteiger partial charge on any atom is 0.265 e. The van der Waals surface area contributed by atoms with Crippen molar-refractivity contribution in [3.05, 3.63) is 58.6 Å². The maximum absolute atomic E-state index is 13.9. The minimum absolute atomic E-state index is 0.00407. The first-order valence-corrected chi connectivity index (χ1v) is 11.6. The van der Waals surface area contributed by atoms with E-state index in [0.29, 0.717) is 57.3 Å². The van der Waals surface area contributed by atoms with Crippen LogP contribution in [0.2, 0.25) is 0 Å². The van der Waals surface area contributed by atoms with Crippen LogP contribution in [0.3, 0.4) is 0 Å². The third-order valence-electron chi connectivity index (χ3n) is 6.59. The van der Waals surface area contributed by atoms with Crippen LogP contribution in [0, 0.1) is 6.92 Å². The van der Waals surface area contributed by atoms with Gasteiger partial charge in [0.1, 0.15) is 28.2 Å². The van der Waals surface area contributed by atoms with Crippen LogP contribution in [0.15, 0.2) is 47.3 Å². The number of fused-ring (bicyclic) bond motifs is 4. The van der Waals surface area contributed by atoms with Gasteiger partial charge in [0.25, 0.3) is 5.56 Å². The first-order chi connectivity index (χ1) is 17.1. The zero-order valence-electron chi connectivity index (χ0n) is 19.8. The van der Waals surface area contributed by atoms with Gasteiger partial charge in [0.05, 0.1) is 43.6 Å². The fourth-order valence-corrected chi connectivity index (χ4v) is 4.84. The standard InChI is InChI=1S/C26H25N5O4/c1-15-27-24-22(26(32)30(15)14-17-7-6-12-35-17)23-25(29-19-9-5-4-8-18(19)28-23)31(24)20-13-16(33-2)10-11-21(20)34-3/h4-5,8-11,13,17H,6-7,12,14H2,1-3H3/t17-/m1/s1. The highest BCUT2D eigenvalue weighted by Gasteiger charge is 2.25. The van der Waals surface area contributed by atoms with Gasteiger partial charge in [0.15, 0.2) is 11.3 Å². The normalized spacial score (nSPS) is 15.9. The molecule has 0 spiro atoms. The number of rotatable bonds is 5. The van der Waals surface area contributed by atoms with Crippen LogP contribution in [0.4, 0.5) is 0 Å². The predicted octanol–water partition coefficient (Wildman–Crippen LogP) is 3.79. The molecule has 1 fully saturated rings. The highest BCUT2D eigenvalue weighted by atomic mass is 16.5. The highest BCUT2D eigenvalue weighted by molar-refractivity contribution is 6.06. The summed E-state index contributed by atoms with van der Waals surface area (Å²) < 4.78 is 20.5. The number of para-hydroxylation sites is 2. The number of methoxy groups -OCH3 is 2. The van der Waals surface area contributed by atoms with Crippen LogP contribution in [-0.4, -0.2) is 51.0 Å². The first kappa shape index (κ1) is 21.5. The second kappa shape index (κ2) is 8.35. The van der Waals surface area contributed by atoms with Gasteiger partial charge in [0.2, 0.25) is 0 Å². The van der Waals surface area contributed by atoms with E-state index in [9.17, 15) is 4.79 Å². The van der Waals surface area contributed by atoms with Gasteiger partial charge in [-0.2, -0.15) is 0 Å². The van der Waals surface area contributed by atoms with Gasteiger partial charge in [-0.15, -0.1) is 0 Å². The van der Waals surface area contributed by atoms with Gasteiger partial charge in [-0.05, 0) is 44.0 Å². The van der Waals surface area contributed by atoms with Crippen molar-refractivity contribution in [2.45, 2.75) is 32.4 Å². The van der Waals surface area contributed by atoms with E-state index in [1.807, 2.05) is 54.0 Å². The van der Waals surface area contributed by atoms with Crippen LogP contribution < -0.4 is 15.0 Å². The van der Waals surface area contributed by atoms with Crippen LogP contribution in [0.1, 0.15) is 18.7 Å². The molecule has 1 aliphatic rings. The van der Waals surface area contributed by atoms with E-state index in [4.69, 9.17) is 29.2 Å². The second-order valence-electron chi connectivity index (χ2n) is 8.67. The van der Waals surface area contributed by atoms with Gasteiger partial charge in [-0.3, -0.25) is 13.9 Å². The number of aromatic nitrogens is 5. The van der Waals surface area contributed by atoms with Crippen LogP contribution in [0.5, 0.6) is 11.5 Å². The number of hydrogen-bond acceptors (Lipinski definition) is 7. The largest absolute Gasteiger partial charge is 0.497 e. The summed E-state index contributed by atoms with van der Waals surface area (Å²) in [5.41, 5.74) is 3.46. The van der Waals surface area contributed by atoms with Crippen LogP contribution >= 0.6 is 0 Å². The molecule has 0 unspecified atom stereocenters. The summed E-state index contributed by atoms with van der Waals surface area (Å²) in [5, 5.41) is 0.423. The van der Waals surface area contributed by atoms with Crippen LogP contribution in [-0.2, 0) is 11.3 Å². The molecule has 35 heavy (non-hydrogen) atoms. The smallest absolute Gasteiger partial charge is 0.265 e. The van der Waals surface area contributed by atoms with Crippen molar-refractivity contribution in [3.63, 3.8) is 0 Å². The molecule has 1 aliphatic heterocycles. The second-order valence-corrected chi connectivity index (χ2v) is 8.67. The lowest BCUT2D eigenvalue weighted by atomic mass is 10.2. The summed E-state index contributed by atoms with van der Waals surface area (Å²) >= 11 is 0. The van der Waals surface area contributed by atoms with E-state index in [1.165, 1.54) is 0 Å². The molecule has 0 amide bonds. The Morgan fingerprint density at radius 3 is 2.54 bits per heavy atom. The molecular weight excluding hydrogens is 446 g/mol. The fraction of sp³-hybridized carbons (Fsp3) is 0.308. The maximum atomic E-state index is 13.9. The van der Waals surface area contributed by atoms with Crippen molar-refractivity contribution in [1.82, 2.24) is 24.1 Å².